The van der Waals surface area contributed by atoms with Crippen molar-refractivity contribution in [2.75, 3.05) is 0 Å². The van der Waals surface area contributed by atoms with E-state index in [1.54, 1.807) is 11.3 Å². The number of nitrogens with two attached hydrogens (primary N) is 1. The van der Waals surface area contributed by atoms with Crippen molar-refractivity contribution in [2.24, 2.45) is 5.73 Å². The Morgan fingerprint density at radius 2 is 2.00 bits per heavy atom. The van der Waals surface area contributed by atoms with Crippen molar-refractivity contribution >= 4 is 16.3 Å². The zero-order chi connectivity index (χ0) is 13.2. The lowest BCUT2D eigenvalue weighted by atomic mass is 10.1. The van der Waals surface area contributed by atoms with Crippen molar-refractivity contribution in [3.05, 3.63) is 46.2 Å². The third kappa shape index (κ3) is 2.24. The molecule has 0 bridgehead atoms. The molecule has 98 valence electrons. The van der Waals surface area contributed by atoms with E-state index >= 15 is 0 Å². The van der Waals surface area contributed by atoms with Gasteiger partial charge in [-0.15, -0.1) is 10.2 Å². The predicted octanol–water partition coefficient (Wildman–Crippen LogP) is 1.80. The minimum atomic E-state index is 0.556. The van der Waals surface area contributed by atoms with E-state index in [9.17, 15) is 0 Å². The molecule has 19 heavy (non-hydrogen) atoms. The number of aromatic nitrogens is 4. The highest BCUT2D eigenvalue weighted by Gasteiger charge is 2.11. The molecule has 0 radical (unpaired) electrons. The lowest BCUT2D eigenvalue weighted by molar-refractivity contribution is 0.816. The molecule has 2 heterocycles. The Morgan fingerprint density at radius 3 is 2.74 bits per heavy atom. The third-order valence-corrected chi connectivity index (χ3v) is 3.99. The first-order chi connectivity index (χ1) is 9.31. The number of aryl methyl sites for hydroxylation is 1. The van der Waals surface area contributed by atoms with Crippen LogP contribution in [0.15, 0.2) is 24.3 Å². The van der Waals surface area contributed by atoms with Crippen LogP contribution in [0.3, 0.4) is 0 Å². The highest BCUT2D eigenvalue weighted by Crippen LogP contribution is 2.19. The Labute approximate surface area is 115 Å². The summed E-state index contributed by atoms with van der Waals surface area (Å²) < 4.78 is 1.84. The number of hydrogen-bond donors (Lipinski definition) is 1. The summed E-state index contributed by atoms with van der Waals surface area (Å²) in [5.74, 6) is 0.907. The maximum Gasteiger partial charge on any atom is 0.234 e. The Hall–Kier alpha value is -1.79. The summed E-state index contributed by atoms with van der Waals surface area (Å²) in [4.78, 5) is 0.858. The van der Waals surface area contributed by atoms with Crippen LogP contribution in [-0.2, 0) is 19.4 Å². The average molecular weight is 273 g/mol. The second-order valence-electron chi connectivity index (χ2n) is 4.31. The highest BCUT2D eigenvalue weighted by atomic mass is 32.1. The molecule has 2 N–H and O–H groups in total. The van der Waals surface area contributed by atoms with Gasteiger partial charge in [-0.3, -0.25) is 0 Å². The van der Waals surface area contributed by atoms with Crippen LogP contribution in [0, 0.1) is 0 Å². The molecule has 2 aromatic heterocycles. The van der Waals surface area contributed by atoms with E-state index < -0.39 is 0 Å². The minimum Gasteiger partial charge on any atom is -0.326 e. The van der Waals surface area contributed by atoms with Crippen LogP contribution in [-0.4, -0.2) is 19.8 Å². The summed E-state index contributed by atoms with van der Waals surface area (Å²) in [5.41, 5.74) is 8.16. The molecule has 0 aliphatic carbocycles. The van der Waals surface area contributed by atoms with Gasteiger partial charge in [0.15, 0.2) is 5.82 Å². The molecular weight excluding hydrogens is 258 g/mol. The van der Waals surface area contributed by atoms with Crippen molar-refractivity contribution in [2.45, 2.75) is 26.3 Å². The zero-order valence-electron chi connectivity index (χ0n) is 10.7. The van der Waals surface area contributed by atoms with Gasteiger partial charge in [-0.25, -0.2) is 0 Å². The van der Waals surface area contributed by atoms with Gasteiger partial charge in [0.2, 0.25) is 4.96 Å². The molecule has 0 saturated carbocycles. The van der Waals surface area contributed by atoms with Crippen LogP contribution in [0.25, 0.3) is 4.96 Å². The van der Waals surface area contributed by atoms with E-state index in [2.05, 4.69) is 34.4 Å². The number of hydrogen-bond acceptors (Lipinski definition) is 5. The van der Waals surface area contributed by atoms with E-state index in [-0.39, 0.29) is 0 Å². The summed E-state index contributed by atoms with van der Waals surface area (Å²) in [6, 6.07) is 8.21. The van der Waals surface area contributed by atoms with Crippen LogP contribution in [0.1, 0.15) is 28.9 Å². The number of rotatable bonds is 4. The first-order valence-electron chi connectivity index (χ1n) is 6.28. The van der Waals surface area contributed by atoms with Crippen LogP contribution < -0.4 is 5.73 Å². The second-order valence-corrected chi connectivity index (χ2v) is 5.35. The van der Waals surface area contributed by atoms with Crippen LogP contribution in [0.5, 0.6) is 0 Å². The molecule has 1 aromatic carbocycles. The summed E-state index contributed by atoms with van der Waals surface area (Å²) in [5, 5.41) is 13.9. The standard InChI is InChI=1S/C13H15N5S/c1-2-11-15-16-13-18(11)17-12(19-13)7-9-5-3-4-6-10(9)8-14/h3-6H,2,7-8,14H2,1H3. The number of benzene rings is 1. The lowest BCUT2D eigenvalue weighted by Gasteiger charge is -2.04. The topological polar surface area (TPSA) is 69.1 Å². The summed E-state index contributed by atoms with van der Waals surface area (Å²) in [6.45, 7) is 2.61. The van der Waals surface area contributed by atoms with Gasteiger partial charge in [-0.1, -0.05) is 42.5 Å². The molecule has 0 fully saturated rings. The van der Waals surface area contributed by atoms with Crippen molar-refractivity contribution in [1.29, 1.82) is 0 Å². The lowest BCUT2D eigenvalue weighted by Crippen LogP contribution is -2.02. The van der Waals surface area contributed by atoms with Crippen LogP contribution >= 0.6 is 11.3 Å². The van der Waals surface area contributed by atoms with Crippen molar-refractivity contribution in [3.63, 3.8) is 0 Å². The number of nitrogens with zero attached hydrogens (tertiary/aromatic N) is 4. The summed E-state index contributed by atoms with van der Waals surface area (Å²) >= 11 is 1.58. The molecule has 0 aliphatic rings. The largest absolute Gasteiger partial charge is 0.326 e. The second kappa shape index (κ2) is 5.07. The fourth-order valence-corrected chi connectivity index (χ4v) is 2.96. The van der Waals surface area contributed by atoms with Gasteiger partial charge in [0.25, 0.3) is 0 Å². The van der Waals surface area contributed by atoms with Gasteiger partial charge in [-0.05, 0) is 11.1 Å². The van der Waals surface area contributed by atoms with Crippen LogP contribution in [0.2, 0.25) is 0 Å². The third-order valence-electron chi connectivity index (χ3n) is 3.09. The maximum atomic E-state index is 5.76. The molecule has 0 saturated heterocycles. The average Bonchev–Trinajstić information content (AvgIpc) is 2.99. The number of fused-ring (bicyclic) bond motifs is 1. The van der Waals surface area contributed by atoms with Gasteiger partial charge in [-0.2, -0.15) is 9.61 Å². The molecule has 3 rings (SSSR count). The van der Waals surface area contributed by atoms with Crippen molar-refractivity contribution in [3.8, 4) is 0 Å². The minimum absolute atomic E-state index is 0.556. The molecule has 5 nitrogen and oxygen atoms in total. The van der Waals surface area contributed by atoms with Crippen molar-refractivity contribution in [1.82, 2.24) is 19.8 Å². The maximum absolute atomic E-state index is 5.76. The van der Waals surface area contributed by atoms with E-state index in [1.165, 1.54) is 11.1 Å². The molecule has 6 heteroatoms. The van der Waals surface area contributed by atoms with E-state index in [4.69, 9.17) is 5.73 Å². The summed E-state index contributed by atoms with van der Waals surface area (Å²) in [6.07, 6.45) is 1.63. The fourth-order valence-electron chi connectivity index (χ4n) is 2.08. The molecule has 0 amide bonds. The Kier molecular flexibility index (Phi) is 3.27. The molecule has 0 unspecified atom stereocenters. The van der Waals surface area contributed by atoms with Gasteiger partial charge in [0.1, 0.15) is 5.01 Å². The highest BCUT2D eigenvalue weighted by molar-refractivity contribution is 7.16. The fraction of sp³-hybridized carbons (Fsp3) is 0.308. The van der Waals surface area contributed by atoms with E-state index in [1.807, 2.05) is 16.6 Å². The van der Waals surface area contributed by atoms with Gasteiger partial charge in [0.05, 0.1) is 0 Å². The zero-order valence-corrected chi connectivity index (χ0v) is 11.5. The molecule has 3 aromatic rings. The van der Waals surface area contributed by atoms with Crippen LogP contribution in [0.4, 0.5) is 0 Å². The van der Waals surface area contributed by atoms with Gasteiger partial charge >= 0.3 is 0 Å². The monoisotopic (exact) mass is 273 g/mol. The van der Waals surface area contributed by atoms with E-state index in [0.29, 0.717) is 6.54 Å². The van der Waals surface area contributed by atoms with Crippen molar-refractivity contribution < 1.29 is 0 Å². The molecule has 0 aliphatic heterocycles. The first kappa shape index (κ1) is 12.3. The Morgan fingerprint density at radius 1 is 1.21 bits per heavy atom. The normalized spacial score (nSPS) is 11.3. The SMILES string of the molecule is CCc1nnc2sc(Cc3ccccc3CN)nn12. The molecule has 0 atom stereocenters. The van der Waals surface area contributed by atoms with Gasteiger partial charge in [0, 0.05) is 19.4 Å². The molecule has 0 spiro atoms. The van der Waals surface area contributed by atoms with Gasteiger partial charge < -0.3 is 5.73 Å². The first-order valence-corrected chi connectivity index (χ1v) is 7.10. The summed E-state index contributed by atoms with van der Waals surface area (Å²) in [7, 11) is 0. The predicted molar refractivity (Wildman–Crippen MR) is 75.2 cm³/mol. The Bertz CT molecular complexity index is 700. The quantitative estimate of drug-likeness (QED) is 0.787. The molecular formula is C13H15N5S. The van der Waals surface area contributed by atoms with E-state index in [0.717, 1.165) is 28.6 Å². The Balaban J connectivity index is 1.94. The smallest absolute Gasteiger partial charge is 0.234 e.